The van der Waals surface area contributed by atoms with E-state index >= 15 is 0 Å². The van der Waals surface area contributed by atoms with Crippen LogP contribution in [-0.2, 0) is 11.3 Å². The zero-order chi connectivity index (χ0) is 16.4. The Kier molecular flexibility index (Phi) is 3.80. The molecule has 1 amide bonds. The number of para-hydroxylation sites is 1. The van der Waals surface area contributed by atoms with Gasteiger partial charge < -0.3 is 10.3 Å². The van der Waals surface area contributed by atoms with Gasteiger partial charge in [-0.15, -0.1) is 0 Å². The van der Waals surface area contributed by atoms with Crippen LogP contribution in [0, 0.1) is 0 Å². The minimum absolute atomic E-state index is 0.131. The van der Waals surface area contributed by atoms with E-state index in [0.717, 1.165) is 10.1 Å². The van der Waals surface area contributed by atoms with Crippen LogP contribution < -0.4 is 16.6 Å². The van der Waals surface area contributed by atoms with Crippen molar-refractivity contribution >= 4 is 22.5 Å². The minimum atomic E-state index is -0.460. The molecule has 6 heteroatoms. The molecular weight excluding hydrogens is 294 g/mol. The van der Waals surface area contributed by atoms with Gasteiger partial charge in [-0.1, -0.05) is 24.3 Å². The lowest BCUT2D eigenvalue weighted by Gasteiger charge is -2.08. The Bertz CT molecular complexity index is 1000. The number of aromatic amines is 1. The van der Waals surface area contributed by atoms with E-state index in [0.29, 0.717) is 16.6 Å². The highest BCUT2D eigenvalue weighted by Crippen LogP contribution is 2.11. The molecular formula is C17H15N3O3. The van der Waals surface area contributed by atoms with Crippen LogP contribution in [0.25, 0.3) is 10.9 Å². The fraction of sp³-hybridized carbons (Fsp3) is 0.118. The van der Waals surface area contributed by atoms with Gasteiger partial charge in [-0.2, -0.15) is 0 Å². The summed E-state index contributed by atoms with van der Waals surface area (Å²) >= 11 is 0. The predicted octanol–water partition coefficient (Wildman–Crippen LogP) is 1.70. The van der Waals surface area contributed by atoms with E-state index in [4.69, 9.17) is 0 Å². The van der Waals surface area contributed by atoms with Crippen molar-refractivity contribution in [1.29, 1.82) is 0 Å². The number of hydrogen-bond donors (Lipinski definition) is 2. The lowest BCUT2D eigenvalue weighted by atomic mass is 10.2. The first-order valence-corrected chi connectivity index (χ1v) is 7.13. The molecule has 0 fully saturated rings. The third kappa shape index (κ3) is 3.06. The maximum atomic E-state index is 12.5. The summed E-state index contributed by atoms with van der Waals surface area (Å²) in [7, 11) is 0. The highest BCUT2D eigenvalue weighted by Gasteiger charge is 2.08. The Hall–Kier alpha value is -3.15. The average Bonchev–Trinajstić information content (AvgIpc) is 2.51. The van der Waals surface area contributed by atoms with Gasteiger partial charge in [0, 0.05) is 12.6 Å². The number of amides is 1. The van der Waals surface area contributed by atoms with Gasteiger partial charge in [0.2, 0.25) is 5.91 Å². The maximum absolute atomic E-state index is 12.5. The average molecular weight is 309 g/mol. The smallest absolute Gasteiger partial charge is 0.326 e. The number of aromatic nitrogens is 2. The van der Waals surface area contributed by atoms with Crippen molar-refractivity contribution in [3.8, 4) is 0 Å². The monoisotopic (exact) mass is 309 g/mol. The fourth-order valence-electron chi connectivity index (χ4n) is 2.48. The molecule has 0 aliphatic heterocycles. The Labute approximate surface area is 131 Å². The summed E-state index contributed by atoms with van der Waals surface area (Å²) in [6.45, 7) is 1.55. The van der Waals surface area contributed by atoms with Crippen LogP contribution in [0.2, 0.25) is 0 Å². The molecule has 0 aliphatic rings. The molecule has 0 unspecified atom stereocenters. The summed E-state index contributed by atoms with van der Waals surface area (Å²) in [6, 6.07) is 13.9. The van der Waals surface area contributed by atoms with Crippen molar-refractivity contribution in [3.05, 3.63) is 74.9 Å². The molecule has 0 saturated heterocycles. The van der Waals surface area contributed by atoms with Gasteiger partial charge >= 0.3 is 5.69 Å². The van der Waals surface area contributed by atoms with Crippen LogP contribution in [0.1, 0.15) is 12.5 Å². The van der Waals surface area contributed by atoms with Crippen LogP contribution in [0.15, 0.2) is 58.1 Å². The second-order valence-corrected chi connectivity index (χ2v) is 5.25. The molecule has 116 valence electrons. The van der Waals surface area contributed by atoms with Crippen molar-refractivity contribution in [2.75, 3.05) is 5.32 Å². The summed E-state index contributed by atoms with van der Waals surface area (Å²) in [5, 5.41) is 3.14. The van der Waals surface area contributed by atoms with E-state index in [9.17, 15) is 14.4 Å². The largest absolute Gasteiger partial charge is 0.329 e. The highest BCUT2D eigenvalue weighted by atomic mass is 16.2. The Balaban J connectivity index is 2.04. The van der Waals surface area contributed by atoms with E-state index in [1.807, 2.05) is 0 Å². The van der Waals surface area contributed by atoms with E-state index < -0.39 is 5.69 Å². The minimum Gasteiger partial charge on any atom is -0.326 e. The van der Waals surface area contributed by atoms with Crippen LogP contribution in [0.4, 0.5) is 5.69 Å². The first kappa shape index (κ1) is 14.8. The normalized spacial score (nSPS) is 10.7. The van der Waals surface area contributed by atoms with E-state index in [1.54, 1.807) is 48.5 Å². The molecule has 0 radical (unpaired) electrons. The van der Waals surface area contributed by atoms with Gasteiger partial charge in [-0.3, -0.25) is 14.2 Å². The molecule has 23 heavy (non-hydrogen) atoms. The van der Waals surface area contributed by atoms with Crippen molar-refractivity contribution in [3.63, 3.8) is 0 Å². The molecule has 2 aromatic carbocycles. The number of nitrogens with zero attached hydrogens (tertiary/aromatic N) is 1. The van der Waals surface area contributed by atoms with Crippen LogP contribution in [-0.4, -0.2) is 15.5 Å². The highest BCUT2D eigenvalue weighted by molar-refractivity contribution is 5.88. The van der Waals surface area contributed by atoms with Gasteiger partial charge in [0.25, 0.3) is 5.56 Å². The Morgan fingerprint density at radius 2 is 1.91 bits per heavy atom. The Morgan fingerprint density at radius 3 is 2.70 bits per heavy atom. The standard InChI is InChI=1S/C17H15N3O3/c1-11(21)18-13-6-4-5-12(9-13)10-20-16(22)14-7-2-3-8-15(14)19-17(20)23/h2-9H,10H2,1H3,(H,18,21)(H,19,23). The van der Waals surface area contributed by atoms with E-state index in [2.05, 4.69) is 10.3 Å². The number of benzene rings is 2. The molecule has 0 bridgehead atoms. The number of nitrogens with one attached hydrogen (secondary N) is 2. The van der Waals surface area contributed by atoms with Crippen molar-refractivity contribution in [2.45, 2.75) is 13.5 Å². The number of rotatable bonds is 3. The first-order chi connectivity index (χ1) is 11.0. The summed E-state index contributed by atoms with van der Waals surface area (Å²) in [5.74, 6) is -0.178. The van der Waals surface area contributed by atoms with E-state index in [1.165, 1.54) is 6.92 Å². The zero-order valence-corrected chi connectivity index (χ0v) is 12.5. The lowest BCUT2D eigenvalue weighted by molar-refractivity contribution is -0.114. The summed E-state index contributed by atoms with van der Waals surface area (Å²) in [4.78, 5) is 38.5. The number of fused-ring (bicyclic) bond motifs is 1. The molecule has 1 heterocycles. The topological polar surface area (TPSA) is 84.0 Å². The van der Waals surface area contributed by atoms with Gasteiger partial charge in [0.1, 0.15) is 0 Å². The predicted molar refractivity (Wildman–Crippen MR) is 88.7 cm³/mol. The molecule has 1 aromatic heterocycles. The zero-order valence-electron chi connectivity index (χ0n) is 12.5. The van der Waals surface area contributed by atoms with Gasteiger partial charge in [0.05, 0.1) is 17.4 Å². The molecule has 0 atom stereocenters. The number of carbonyl (C=O) groups excluding carboxylic acids is 1. The molecule has 6 nitrogen and oxygen atoms in total. The van der Waals surface area contributed by atoms with Gasteiger partial charge in [-0.25, -0.2) is 4.79 Å². The molecule has 2 N–H and O–H groups in total. The maximum Gasteiger partial charge on any atom is 0.329 e. The summed E-state index contributed by atoms with van der Waals surface area (Å²) in [5.41, 5.74) is 1.10. The van der Waals surface area contributed by atoms with Crippen LogP contribution >= 0.6 is 0 Å². The van der Waals surface area contributed by atoms with Crippen LogP contribution in [0.3, 0.4) is 0 Å². The summed E-state index contributed by atoms with van der Waals surface area (Å²) < 4.78 is 1.15. The molecule has 3 rings (SSSR count). The first-order valence-electron chi connectivity index (χ1n) is 7.13. The van der Waals surface area contributed by atoms with E-state index in [-0.39, 0.29) is 18.0 Å². The molecule has 3 aromatic rings. The fourth-order valence-corrected chi connectivity index (χ4v) is 2.48. The lowest BCUT2D eigenvalue weighted by Crippen LogP contribution is -2.35. The Morgan fingerprint density at radius 1 is 1.13 bits per heavy atom. The van der Waals surface area contributed by atoms with Crippen molar-refractivity contribution in [1.82, 2.24) is 9.55 Å². The third-order valence-corrected chi connectivity index (χ3v) is 3.48. The van der Waals surface area contributed by atoms with Gasteiger partial charge in [0.15, 0.2) is 0 Å². The second kappa shape index (κ2) is 5.92. The van der Waals surface area contributed by atoms with Gasteiger partial charge in [-0.05, 0) is 29.8 Å². The molecule has 0 saturated carbocycles. The number of anilines is 1. The second-order valence-electron chi connectivity index (χ2n) is 5.25. The number of H-pyrrole nitrogens is 1. The van der Waals surface area contributed by atoms with Crippen molar-refractivity contribution in [2.24, 2.45) is 0 Å². The number of carbonyl (C=O) groups is 1. The number of hydrogen-bond acceptors (Lipinski definition) is 3. The molecule has 0 aliphatic carbocycles. The third-order valence-electron chi connectivity index (χ3n) is 3.48. The quantitative estimate of drug-likeness (QED) is 0.772. The van der Waals surface area contributed by atoms with Crippen LogP contribution in [0.5, 0.6) is 0 Å². The molecule has 0 spiro atoms. The SMILES string of the molecule is CC(=O)Nc1cccc(Cn2c(=O)[nH]c3ccccc3c2=O)c1. The summed E-state index contributed by atoms with van der Waals surface area (Å²) in [6.07, 6.45) is 0. The van der Waals surface area contributed by atoms with Crippen molar-refractivity contribution < 1.29 is 4.79 Å².